The van der Waals surface area contributed by atoms with Crippen LogP contribution in [0.1, 0.15) is 52.7 Å². The molecule has 0 bridgehead atoms. The molecule has 0 saturated carbocycles. The molecule has 1 fully saturated rings. The Balaban J connectivity index is 0.000000285. The molecular weight excluding hydrogens is 535 g/mol. The minimum atomic E-state index is -1.17. The summed E-state index contributed by atoms with van der Waals surface area (Å²) in [6.45, 7) is 18.9. The maximum atomic E-state index is 2.51. The van der Waals surface area contributed by atoms with E-state index in [-0.39, 0.29) is 51.0 Å². The molecule has 0 radical (unpaired) electrons. The van der Waals surface area contributed by atoms with Crippen molar-refractivity contribution >= 4 is 25.9 Å². The van der Waals surface area contributed by atoms with E-state index >= 15 is 0 Å². The quantitative estimate of drug-likeness (QED) is 0.432. The number of halogens is 2. The standard InChI is InChI=1S/C13H18SSi.C13H16.2ClH.Zr/c1-13(2,3)12-11-10-8(14-12)6-7-9(10)15(11,4)5;1-13(2,3)12-8-10-6-4-5-7-11(10)9-12;;;/h6-7,10H,1-5H3;4-8H,9H2,1-3H3;2*1H;/q;;;;+2/p-2. The van der Waals surface area contributed by atoms with Crippen molar-refractivity contribution in [2.24, 2.45) is 16.7 Å². The average molecular weight is 569 g/mol. The molecule has 1 atom stereocenters. The smallest absolute Gasteiger partial charge is 1.00 e. The van der Waals surface area contributed by atoms with E-state index in [2.05, 4.69) is 109 Å². The predicted octanol–water partition coefficient (Wildman–Crippen LogP) is 1.95. The second kappa shape index (κ2) is 9.83. The van der Waals surface area contributed by atoms with Gasteiger partial charge in [-0.2, -0.15) is 0 Å². The number of thioether (sulfide) groups is 1. The van der Waals surface area contributed by atoms with Crippen LogP contribution in [0.3, 0.4) is 0 Å². The number of allylic oxidation sites excluding steroid dienone is 7. The van der Waals surface area contributed by atoms with Gasteiger partial charge >= 0.3 is 26.2 Å². The summed E-state index contributed by atoms with van der Waals surface area (Å²) in [7, 11) is -1.17. The largest absolute Gasteiger partial charge is 2.00 e. The van der Waals surface area contributed by atoms with E-state index in [1.54, 1.807) is 20.6 Å². The fourth-order valence-corrected chi connectivity index (χ4v) is 10.8. The molecule has 2 heterocycles. The van der Waals surface area contributed by atoms with E-state index in [4.69, 9.17) is 0 Å². The molecule has 166 valence electrons. The Morgan fingerprint density at radius 1 is 0.903 bits per heavy atom. The number of rotatable bonds is 0. The number of fused-ring (bicyclic) bond motifs is 1. The van der Waals surface area contributed by atoms with Gasteiger partial charge in [0.1, 0.15) is 8.07 Å². The van der Waals surface area contributed by atoms with Crippen LogP contribution >= 0.6 is 11.8 Å². The molecule has 1 aromatic carbocycles. The van der Waals surface area contributed by atoms with Gasteiger partial charge in [0.2, 0.25) is 0 Å². The Morgan fingerprint density at radius 2 is 1.52 bits per heavy atom. The second-order valence-electron chi connectivity index (χ2n) is 11.1. The molecule has 2 aliphatic heterocycles. The molecular formula is C26H34Cl2SSiZr. The normalized spacial score (nSPS) is 21.5. The first-order chi connectivity index (χ1) is 12.9. The molecule has 2 aliphatic carbocycles. The molecule has 1 unspecified atom stereocenters. The van der Waals surface area contributed by atoms with E-state index in [1.165, 1.54) is 11.1 Å². The predicted molar refractivity (Wildman–Crippen MR) is 129 cm³/mol. The van der Waals surface area contributed by atoms with Crippen molar-refractivity contribution in [3.05, 3.63) is 73.3 Å². The van der Waals surface area contributed by atoms with Crippen molar-refractivity contribution < 1.29 is 51.0 Å². The summed E-state index contributed by atoms with van der Waals surface area (Å²) >= 11 is 2.06. The molecule has 0 spiro atoms. The summed E-state index contributed by atoms with van der Waals surface area (Å²) in [4.78, 5) is 3.30. The van der Waals surface area contributed by atoms with Crippen molar-refractivity contribution in [2.45, 2.75) is 61.1 Å². The second-order valence-corrected chi connectivity index (χ2v) is 16.6. The van der Waals surface area contributed by atoms with Crippen LogP contribution in [-0.2, 0) is 32.6 Å². The molecule has 1 saturated heterocycles. The molecule has 5 heteroatoms. The van der Waals surface area contributed by atoms with Crippen LogP contribution in [0.25, 0.3) is 6.08 Å². The van der Waals surface area contributed by atoms with Gasteiger partial charge in [-0.1, -0.05) is 125 Å². The summed E-state index contributed by atoms with van der Waals surface area (Å²) < 4.78 is 0. The van der Waals surface area contributed by atoms with E-state index in [9.17, 15) is 0 Å². The van der Waals surface area contributed by atoms with Crippen LogP contribution in [0.4, 0.5) is 0 Å². The molecule has 0 nitrogen and oxygen atoms in total. The summed E-state index contributed by atoms with van der Waals surface area (Å²) in [5.41, 5.74) is 5.11. The zero-order valence-corrected chi connectivity index (χ0v) is 25.8. The number of benzene rings is 1. The Labute approximate surface area is 226 Å². The monoisotopic (exact) mass is 566 g/mol. The maximum Gasteiger partial charge on any atom is 2.00 e. The summed E-state index contributed by atoms with van der Waals surface area (Å²) in [5, 5.41) is 3.62. The van der Waals surface area contributed by atoms with Crippen molar-refractivity contribution in [2.75, 3.05) is 0 Å². The van der Waals surface area contributed by atoms with Gasteiger partial charge in [0, 0.05) is 5.92 Å². The van der Waals surface area contributed by atoms with Gasteiger partial charge < -0.3 is 24.8 Å². The van der Waals surface area contributed by atoms with Crippen molar-refractivity contribution in [3.8, 4) is 0 Å². The third-order valence-electron chi connectivity index (χ3n) is 6.58. The molecule has 0 N–H and O–H groups in total. The Bertz CT molecular complexity index is 972. The van der Waals surface area contributed by atoms with Gasteiger partial charge in [-0.05, 0) is 38.2 Å². The van der Waals surface area contributed by atoms with Gasteiger partial charge in [0.15, 0.2) is 0 Å². The van der Waals surface area contributed by atoms with Crippen LogP contribution in [0.15, 0.2) is 62.2 Å². The third kappa shape index (κ3) is 5.17. The third-order valence-corrected chi connectivity index (χ3v) is 12.2. The van der Waals surface area contributed by atoms with E-state index in [1.807, 2.05) is 5.20 Å². The van der Waals surface area contributed by atoms with Crippen LogP contribution in [0.5, 0.6) is 0 Å². The van der Waals surface area contributed by atoms with Gasteiger partial charge in [-0.15, -0.1) is 0 Å². The van der Waals surface area contributed by atoms with Crippen molar-refractivity contribution in [3.63, 3.8) is 0 Å². The molecule has 0 amide bonds. The van der Waals surface area contributed by atoms with Crippen molar-refractivity contribution in [1.29, 1.82) is 0 Å². The summed E-state index contributed by atoms with van der Waals surface area (Å²) in [6, 6.07) is 8.66. The fraction of sp³-hybridized carbons (Fsp3) is 0.462. The Hall–Kier alpha value is 0.210. The van der Waals surface area contributed by atoms with Gasteiger partial charge in [0.05, 0.1) is 0 Å². The van der Waals surface area contributed by atoms with Gasteiger partial charge in [0.25, 0.3) is 0 Å². The van der Waals surface area contributed by atoms with Crippen molar-refractivity contribution in [1.82, 2.24) is 0 Å². The zero-order valence-electron chi connectivity index (χ0n) is 20.0. The molecule has 31 heavy (non-hydrogen) atoms. The molecule has 4 aliphatic rings. The molecule has 5 rings (SSSR count). The first-order valence-corrected chi connectivity index (χ1v) is 14.4. The van der Waals surface area contributed by atoms with Crippen LogP contribution < -0.4 is 24.8 Å². The topological polar surface area (TPSA) is 0 Å². The van der Waals surface area contributed by atoms with Crippen LogP contribution in [0.2, 0.25) is 13.1 Å². The maximum absolute atomic E-state index is 2.51. The fourth-order valence-electron chi connectivity index (χ4n) is 4.82. The summed E-state index contributed by atoms with van der Waals surface area (Å²) in [6.07, 6.45) is 8.25. The molecule has 0 aromatic heterocycles. The average Bonchev–Trinajstić information content (AvgIpc) is 3.23. The summed E-state index contributed by atoms with van der Waals surface area (Å²) in [5.74, 6) is 0.755. The minimum Gasteiger partial charge on any atom is -1.00 e. The van der Waals surface area contributed by atoms with E-state index in [0.717, 1.165) is 12.3 Å². The van der Waals surface area contributed by atoms with E-state index in [0.29, 0.717) is 10.8 Å². The SMILES string of the molecule is CC(C)(C)C1=C2C3C(=CC=C3[Si]2(C)C)S1.CC(C)(C)C1=Cc2ccccc2C1.[Cl-].[Cl-].[Zr+2]. The number of hydrogen-bond acceptors (Lipinski definition) is 1. The van der Waals surface area contributed by atoms with E-state index < -0.39 is 8.07 Å². The minimum absolute atomic E-state index is 0. The van der Waals surface area contributed by atoms with Crippen LogP contribution in [-0.4, -0.2) is 8.07 Å². The zero-order chi connectivity index (χ0) is 20.5. The number of hydrogen-bond donors (Lipinski definition) is 0. The Morgan fingerprint density at radius 3 is 2.06 bits per heavy atom. The molecule has 1 aromatic rings. The van der Waals surface area contributed by atoms with Gasteiger partial charge in [-0.25, -0.2) is 0 Å². The Kier molecular flexibility index (Phi) is 9.27. The van der Waals surface area contributed by atoms with Gasteiger partial charge in [-0.3, -0.25) is 0 Å². The first kappa shape index (κ1) is 29.2. The van der Waals surface area contributed by atoms with Crippen LogP contribution in [0, 0.1) is 16.7 Å². The first-order valence-electron chi connectivity index (χ1n) is 10.5.